The van der Waals surface area contributed by atoms with Crippen LogP contribution in [0, 0.1) is 10.1 Å². The van der Waals surface area contributed by atoms with E-state index in [0.29, 0.717) is 11.4 Å². The number of amides is 1. The lowest BCUT2D eigenvalue weighted by molar-refractivity contribution is -0.384. The fourth-order valence-electron chi connectivity index (χ4n) is 3.20. The summed E-state index contributed by atoms with van der Waals surface area (Å²) in [4.78, 5) is 29.7. The number of carbonyl (C=O) groups excluding carboxylic acids is 1. The van der Waals surface area contributed by atoms with Crippen LogP contribution in [-0.2, 0) is 0 Å². The molecule has 1 aliphatic rings. The van der Waals surface area contributed by atoms with Gasteiger partial charge < -0.3 is 10.2 Å². The largest absolute Gasteiger partial charge is 0.355 e. The third-order valence-corrected chi connectivity index (χ3v) is 4.57. The van der Waals surface area contributed by atoms with Gasteiger partial charge in [-0.25, -0.2) is 9.67 Å². The van der Waals surface area contributed by atoms with Crippen LogP contribution in [-0.4, -0.2) is 38.7 Å². The van der Waals surface area contributed by atoms with E-state index in [2.05, 4.69) is 20.3 Å². The molecule has 9 nitrogen and oxygen atoms in total. The van der Waals surface area contributed by atoms with Crippen molar-refractivity contribution in [3.05, 3.63) is 70.7 Å². The topological polar surface area (TPSA) is 106 Å². The first-order valence-corrected chi connectivity index (χ1v) is 8.93. The van der Waals surface area contributed by atoms with E-state index in [-0.39, 0.29) is 17.3 Å². The van der Waals surface area contributed by atoms with E-state index in [1.54, 1.807) is 36.7 Å². The van der Waals surface area contributed by atoms with Crippen molar-refractivity contribution < 1.29 is 9.72 Å². The zero-order valence-corrected chi connectivity index (χ0v) is 15.0. The molecule has 28 heavy (non-hydrogen) atoms. The molecular formula is C19H18N6O3. The van der Waals surface area contributed by atoms with Crippen LogP contribution in [0.15, 0.2) is 54.9 Å². The Morgan fingerprint density at radius 2 is 1.96 bits per heavy atom. The molecule has 2 aromatic heterocycles. The first kappa shape index (κ1) is 17.7. The maximum atomic E-state index is 12.7. The van der Waals surface area contributed by atoms with Crippen molar-refractivity contribution in [2.45, 2.75) is 12.8 Å². The lowest BCUT2D eigenvalue weighted by Gasteiger charge is -2.19. The fraction of sp³-hybridized carbons (Fsp3) is 0.211. The van der Waals surface area contributed by atoms with Crippen LogP contribution < -0.4 is 10.2 Å². The molecule has 0 radical (unpaired) electrons. The number of pyridine rings is 1. The van der Waals surface area contributed by atoms with Crippen molar-refractivity contribution in [3.63, 3.8) is 0 Å². The molecule has 0 saturated carbocycles. The maximum absolute atomic E-state index is 12.7. The van der Waals surface area contributed by atoms with E-state index in [4.69, 9.17) is 0 Å². The Kier molecular flexibility index (Phi) is 4.71. The molecule has 3 heterocycles. The van der Waals surface area contributed by atoms with Crippen LogP contribution in [0.5, 0.6) is 0 Å². The van der Waals surface area contributed by atoms with E-state index < -0.39 is 4.92 Å². The molecule has 0 spiro atoms. The van der Waals surface area contributed by atoms with Gasteiger partial charge in [-0.2, -0.15) is 5.10 Å². The summed E-state index contributed by atoms with van der Waals surface area (Å²) in [6.45, 7) is 1.84. The number of nitro groups is 1. The smallest absolute Gasteiger partial charge is 0.276 e. The molecular weight excluding hydrogens is 360 g/mol. The van der Waals surface area contributed by atoms with Gasteiger partial charge in [0.05, 0.1) is 16.3 Å². The summed E-state index contributed by atoms with van der Waals surface area (Å²) in [6.07, 6.45) is 5.52. The summed E-state index contributed by atoms with van der Waals surface area (Å²) in [7, 11) is 0. The lowest BCUT2D eigenvalue weighted by atomic mass is 10.3. The summed E-state index contributed by atoms with van der Waals surface area (Å²) in [5.74, 6) is 0.393. The van der Waals surface area contributed by atoms with Crippen molar-refractivity contribution in [3.8, 4) is 5.69 Å². The molecule has 3 aromatic rings. The normalized spacial score (nSPS) is 13.5. The van der Waals surface area contributed by atoms with Crippen molar-refractivity contribution in [1.82, 2.24) is 14.8 Å². The number of nitrogens with one attached hydrogen (secondary N) is 1. The van der Waals surface area contributed by atoms with Crippen LogP contribution in [0.25, 0.3) is 5.69 Å². The quantitative estimate of drug-likeness (QED) is 0.540. The van der Waals surface area contributed by atoms with Gasteiger partial charge in [0.1, 0.15) is 0 Å². The summed E-state index contributed by atoms with van der Waals surface area (Å²) in [5, 5.41) is 18.1. The number of non-ortho nitro benzene ring substituents is 1. The Balaban J connectivity index is 1.54. The number of aromatic nitrogens is 3. The number of rotatable bonds is 5. The highest BCUT2D eigenvalue weighted by molar-refractivity contribution is 6.04. The van der Waals surface area contributed by atoms with Gasteiger partial charge >= 0.3 is 0 Å². The Bertz CT molecular complexity index is 1030. The van der Waals surface area contributed by atoms with Gasteiger partial charge in [-0.3, -0.25) is 14.9 Å². The minimum Gasteiger partial charge on any atom is -0.355 e. The molecule has 0 bridgehead atoms. The zero-order chi connectivity index (χ0) is 19.5. The third kappa shape index (κ3) is 3.54. The molecule has 1 aromatic carbocycles. The molecule has 0 aliphatic carbocycles. The number of anilines is 2. The average molecular weight is 378 g/mol. The van der Waals surface area contributed by atoms with Crippen molar-refractivity contribution in [2.24, 2.45) is 0 Å². The highest BCUT2D eigenvalue weighted by Crippen LogP contribution is 2.26. The Labute approximate surface area is 160 Å². The summed E-state index contributed by atoms with van der Waals surface area (Å²) < 4.78 is 1.44. The van der Waals surface area contributed by atoms with Gasteiger partial charge in [-0.05, 0) is 37.1 Å². The molecule has 4 rings (SSSR count). The molecule has 9 heteroatoms. The van der Waals surface area contributed by atoms with Gasteiger partial charge in [-0.1, -0.05) is 6.07 Å². The minimum absolute atomic E-state index is 0.0374. The molecule has 1 fully saturated rings. The first-order chi connectivity index (χ1) is 13.6. The summed E-state index contributed by atoms with van der Waals surface area (Å²) >= 11 is 0. The van der Waals surface area contributed by atoms with E-state index in [0.717, 1.165) is 31.7 Å². The second-order valence-corrected chi connectivity index (χ2v) is 6.45. The van der Waals surface area contributed by atoms with E-state index in [1.807, 2.05) is 6.07 Å². The molecule has 1 aliphatic heterocycles. The van der Waals surface area contributed by atoms with Gasteiger partial charge in [0.25, 0.3) is 11.6 Å². The second kappa shape index (κ2) is 7.47. The second-order valence-electron chi connectivity index (χ2n) is 6.45. The average Bonchev–Trinajstić information content (AvgIpc) is 3.41. The number of nitro benzene ring substituents is 1. The molecule has 1 amide bonds. The van der Waals surface area contributed by atoms with Crippen molar-refractivity contribution >= 4 is 23.1 Å². The Hall–Kier alpha value is -3.75. The number of nitrogens with zero attached hydrogens (tertiary/aromatic N) is 5. The SMILES string of the molecule is O=C(Nc1cccnc1N1CCCC1)c1ccn(-c2cccc([N+](=O)[O-])c2)n1. The number of hydrogen-bond donors (Lipinski definition) is 1. The van der Waals surface area contributed by atoms with Crippen LogP contribution in [0.3, 0.4) is 0 Å². The molecule has 0 unspecified atom stereocenters. The van der Waals surface area contributed by atoms with E-state index >= 15 is 0 Å². The van der Waals surface area contributed by atoms with Gasteiger partial charge in [0, 0.05) is 37.6 Å². The Morgan fingerprint density at radius 1 is 1.14 bits per heavy atom. The van der Waals surface area contributed by atoms with Gasteiger partial charge in [0.2, 0.25) is 0 Å². The molecule has 1 saturated heterocycles. The number of benzene rings is 1. The maximum Gasteiger partial charge on any atom is 0.276 e. The minimum atomic E-state index is -0.469. The highest BCUT2D eigenvalue weighted by atomic mass is 16.6. The molecule has 1 N–H and O–H groups in total. The number of hydrogen-bond acceptors (Lipinski definition) is 6. The monoisotopic (exact) mass is 378 g/mol. The highest BCUT2D eigenvalue weighted by Gasteiger charge is 2.19. The van der Waals surface area contributed by atoms with Crippen LogP contribution in [0.1, 0.15) is 23.3 Å². The van der Waals surface area contributed by atoms with Gasteiger partial charge in [-0.15, -0.1) is 0 Å². The van der Waals surface area contributed by atoms with Crippen LogP contribution >= 0.6 is 0 Å². The molecule has 0 atom stereocenters. The Morgan fingerprint density at radius 3 is 2.75 bits per heavy atom. The van der Waals surface area contributed by atoms with Gasteiger partial charge in [0.15, 0.2) is 11.5 Å². The third-order valence-electron chi connectivity index (χ3n) is 4.57. The molecule has 142 valence electrons. The summed E-state index contributed by atoms with van der Waals surface area (Å²) in [5.41, 5.74) is 1.32. The van der Waals surface area contributed by atoms with E-state index in [9.17, 15) is 14.9 Å². The predicted molar refractivity (Wildman–Crippen MR) is 104 cm³/mol. The lowest BCUT2D eigenvalue weighted by Crippen LogP contribution is -2.22. The standard InChI is InChI=1S/C19H18N6O3/c26-19(21-16-7-4-9-20-18(16)23-10-1-2-11-23)17-8-12-24(22-17)14-5-3-6-15(13-14)25(27)28/h3-9,12-13H,1-2,10-11H2,(H,21,26). The number of carbonyl (C=O) groups is 1. The van der Waals surface area contributed by atoms with Crippen molar-refractivity contribution in [2.75, 3.05) is 23.3 Å². The first-order valence-electron chi connectivity index (χ1n) is 8.93. The van der Waals surface area contributed by atoms with E-state index in [1.165, 1.54) is 16.8 Å². The van der Waals surface area contributed by atoms with Crippen LogP contribution in [0.2, 0.25) is 0 Å². The zero-order valence-electron chi connectivity index (χ0n) is 15.0. The van der Waals surface area contributed by atoms with Crippen LogP contribution in [0.4, 0.5) is 17.2 Å². The predicted octanol–water partition coefficient (Wildman–Crippen LogP) is 3.03. The fourth-order valence-corrected chi connectivity index (χ4v) is 3.20. The summed E-state index contributed by atoms with van der Waals surface area (Å²) in [6, 6.07) is 11.2. The van der Waals surface area contributed by atoms with Crippen molar-refractivity contribution in [1.29, 1.82) is 0 Å².